The smallest absolute Gasteiger partial charge is 0.243 e. The van der Waals surface area contributed by atoms with Gasteiger partial charge in [-0.3, -0.25) is 9.59 Å². The number of hydrogen-bond donors (Lipinski definition) is 1. The van der Waals surface area contributed by atoms with Crippen LogP contribution in [0.1, 0.15) is 24.8 Å². The van der Waals surface area contributed by atoms with Gasteiger partial charge in [0.15, 0.2) is 0 Å². The van der Waals surface area contributed by atoms with Crippen LogP contribution in [0.3, 0.4) is 0 Å². The number of hydrogen-bond acceptors (Lipinski definition) is 2. The molecule has 0 saturated heterocycles. The van der Waals surface area contributed by atoms with Gasteiger partial charge in [-0.2, -0.15) is 0 Å². The number of anilines is 1. The van der Waals surface area contributed by atoms with E-state index in [0.717, 1.165) is 5.56 Å². The van der Waals surface area contributed by atoms with Crippen molar-refractivity contribution in [3.63, 3.8) is 0 Å². The van der Waals surface area contributed by atoms with Crippen LogP contribution in [-0.2, 0) is 9.59 Å². The predicted molar refractivity (Wildman–Crippen MR) is 92.1 cm³/mol. The van der Waals surface area contributed by atoms with Crippen molar-refractivity contribution in [2.75, 3.05) is 18.9 Å². The molecule has 0 saturated carbocycles. The van der Waals surface area contributed by atoms with Crippen LogP contribution < -0.4 is 5.32 Å². The van der Waals surface area contributed by atoms with Crippen molar-refractivity contribution in [1.82, 2.24) is 4.90 Å². The number of nitrogens with zero attached hydrogens (tertiary/aromatic N) is 1. The Morgan fingerprint density at radius 1 is 1.12 bits per heavy atom. The molecule has 0 aliphatic carbocycles. The first-order valence-electron chi connectivity index (χ1n) is 7.86. The highest BCUT2D eigenvalue weighted by Crippen LogP contribution is 2.21. The van der Waals surface area contributed by atoms with E-state index in [1.807, 2.05) is 37.3 Å². The van der Waals surface area contributed by atoms with E-state index in [1.165, 1.54) is 23.1 Å². The Bertz CT molecular complexity index is 704. The van der Waals surface area contributed by atoms with Gasteiger partial charge in [0.1, 0.15) is 5.82 Å². The number of nitrogens with one attached hydrogen (secondary N) is 1. The van der Waals surface area contributed by atoms with E-state index in [1.54, 1.807) is 13.1 Å². The number of likely N-dealkylation sites (N-methyl/N-ethyl adjacent to an activating group) is 1. The Morgan fingerprint density at radius 2 is 1.83 bits per heavy atom. The Kier molecular flexibility index (Phi) is 6.07. The first-order chi connectivity index (χ1) is 11.5. The van der Waals surface area contributed by atoms with Crippen LogP contribution in [0.4, 0.5) is 10.1 Å². The van der Waals surface area contributed by atoms with Gasteiger partial charge in [0.2, 0.25) is 11.8 Å². The van der Waals surface area contributed by atoms with E-state index in [4.69, 9.17) is 0 Å². The summed E-state index contributed by atoms with van der Waals surface area (Å²) in [4.78, 5) is 26.1. The second kappa shape index (κ2) is 8.24. The van der Waals surface area contributed by atoms with Crippen molar-refractivity contribution in [1.29, 1.82) is 0 Å². The van der Waals surface area contributed by atoms with Crippen LogP contribution in [0.25, 0.3) is 0 Å². The normalized spacial score (nSPS) is 11.6. The molecule has 0 fully saturated rings. The summed E-state index contributed by atoms with van der Waals surface area (Å²) in [7, 11) is 1.60. The average Bonchev–Trinajstić information content (AvgIpc) is 2.56. The minimum Gasteiger partial charge on any atom is -0.336 e. The first kappa shape index (κ1) is 17.7. The molecule has 0 radical (unpaired) electrons. The Hall–Kier alpha value is -2.69. The fourth-order valence-corrected chi connectivity index (χ4v) is 2.56. The zero-order chi connectivity index (χ0) is 17.5. The standard InChI is InChI=1S/C19H21FN2O2/c1-3-17(14-8-5-4-6-9-14)19(24)22(2)13-18(23)21-16-11-7-10-15(20)12-16/h4-12,17H,3,13H2,1-2H3,(H,21,23). The highest BCUT2D eigenvalue weighted by molar-refractivity contribution is 5.95. The maximum atomic E-state index is 13.1. The van der Waals surface area contributed by atoms with Crippen molar-refractivity contribution >= 4 is 17.5 Å². The quantitative estimate of drug-likeness (QED) is 0.883. The summed E-state index contributed by atoms with van der Waals surface area (Å²) in [5, 5.41) is 2.59. The van der Waals surface area contributed by atoms with Crippen LogP contribution in [-0.4, -0.2) is 30.3 Å². The van der Waals surface area contributed by atoms with Crippen molar-refractivity contribution < 1.29 is 14.0 Å². The maximum Gasteiger partial charge on any atom is 0.243 e. The molecule has 2 aromatic rings. The van der Waals surface area contributed by atoms with Crippen molar-refractivity contribution in [2.45, 2.75) is 19.3 Å². The van der Waals surface area contributed by atoms with E-state index < -0.39 is 5.82 Å². The van der Waals surface area contributed by atoms with Crippen LogP contribution in [0.5, 0.6) is 0 Å². The van der Waals surface area contributed by atoms with Crippen molar-refractivity contribution in [3.8, 4) is 0 Å². The molecular formula is C19H21FN2O2. The largest absolute Gasteiger partial charge is 0.336 e. The number of halogens is 1. The van der Waals surface area contributed by atoms with E-state index >= 15 is 0 Å². The SMILES string of the molecule is CCC(C(=O)N(C)CC(=O)Nc1cccc(F)c1)c1ccccc1. The second-order valence-electron chi connectivity index (χ2n) is 5.62. The molecule has 24 heavy (non-hydrogen) atoms. The van der Waals surface area contributed by atoms with Crippen LogP contribution >= 0.6 is 0 Å². The third-order valence-electron chi connectivity index (χ3n) is 3.77. The molecule has 1 N–H and O–H groups in total. The molecule has 2 aromatic carbocycles. The minimum absolute atomic E-state index is 0.0846. The Morgan fingerprint density at radius 3 is 2.46 bits per heavy atom. The van der Waals surface area contributed by atoms with Crippen LogP contribution in [0, 0.1) is 5.82 Å². The molecule has 2 amide bonds. The molecule has 0 aliphatic rings. The average molecular weight is 328 g/mol. The molecule has 2 rings (SSSR count). The maximum absolute atomic E-state index is 13.1. The van der Waals surface area contributed by atoms with Crippen molar-refractivity contribution in [2.24, 2.45) is 0 Å². The van der Waals surface area contributed by atoms with Gasteiger partial charge >= 0.3 is 0 Å². The molecular weight excluding hydrogens is 307 g/mol. The highest BCUT2D eigenvalue weighted by Gasteiger charge is 2.23. The lowest BCUT2D eigenvalue weighted by molar-refractivity contribution is -0.134. The molecule has 126 valence electrons. The highest BCUT2D eigenvalue weighted by atomic mass is 19.1. The van der Waals surface area contributed by atoms with E-state index in [-0.39, 0.29) is 24.3 Å². The zero-order valence-corrected chi connectivity index (χ0v) is 13.8. The molecule has 4 nitrogen and oxygen atoms in total. The number of carbonyl (C=O) groups is 2. The van der Waals surface area contributed by atoms with Gasteiger partial charge in [0.05, 0.1) is 12.5 Å². The summed E-state index contributed by atoms with van der Waals surface area (Å²) < 4.78 is 13.1. The molecule has 5 heteroatoms. The zero-order valence-electron chi connectivity index (χ0n) is 13.8. The molecule has 0 heterocycles. The van der Waals surface area contributed by atoms with Gasteiger partial charge in [-0.25, -0.2) is 4.39 Å². The van der Waals surface area contributed by atoms with Crippen LogP contribution in [0.15, 0.2) is 54.6 Å². The number of carbonyl (C=O) groups excluding carboxylic acids is 2. The van der Waals surface area contributed by atoms with E-state index in [9.17, 15) is 14.0 Å². The third-order valence-corrected chi connectivity index (χ3v) is 3.77. The lowest BCUT2D eigenvalue weighted by Crippen LogP contribution is -2.37. The summed E-state index contributed by atoms with van der Waals surface area (Å²) >= 11 is 0. The summed E-state index contributed by atoms with van der Waals surface area (Å²) in [5.74, 6) is -1.18. The lowest BCUT2D eigenvalue weighted by Gasteiger charge is -2.23. The summed E-state index contributed by atoms with van der Waals surface area (Å²) in [5.41, 5.74) is 1.30. The van der Waals surface area contributed by atoms with Gasteiger partial charge in [-0.1, -0.05) is 43.3 Å². The summed E-state index contributed by atoms with van der Waals surface area (Å²) in [6.07, 6.45) is 0.651. The topological polar surface area (TPSA) is 49.4 Å². The van der Waals surface area contributed by atoms with Gasteiger partial charge in [0.25, 0.3) is 0 Å². The Labute approximate surface area is 141 Å². The van der Waals surface area contributed by atoms with Gasteiger partial charge in [-0.05, 0) is 30.2 Å². The summed E-state index contributed by atoms with van der Waals surface area (Å²) in [6.45, 7) is 1.86. The van der Waals surface area contributed by atoms with Crippen LogP contribution in [0.2, 0.25) is 0 Å². The predicted octanol–water partition coefficient (Wildman–Crippen LogP) is 3.42. The fraction of sp³-hybridized carbons (Fsp3) is 0.263. The number of amides is 2. The van der Waals surface area contributed by atoms with Gasteiger partial charge < -0.3 is 10.2 Å². The molecule has 1 unspecified atom stereocenters. The van der Waals surface area contributed by atoms with E-state index in [2.05, 4.69) is 5.32 Å². The molecule has 0 bridgehead atoms. The number of rotatable bonds is 6. The monoisotopic (exact) mass is 328 g/mol. The Balaban J connectivity index is 1.98. The number of benzene rings is 2. The lowest BCUT2D eigenvalue weighted by atomic mass is 9.95. The summed E-state index contributed by atoms with van der Waals surface area (Å²) in [6, 6.07) is 15.2. The molecule has 0 aromatic heterocycles. The molecule has 0 spiro atoms. The second-order valence-corrected chi connectivity index (χ2v) is 5.62. The van der Waals surface area contributed by atoms with Gasteiger partial charge in [0, 0.05) is 12.7 Å². The van der Waals surface area contributed by atoms with Crippen molar-refractivity contribution in [3.05, 3.63) is 66.0 Å². The molecule has 1 atom stereocenters. The van der Waals surface area contributed by atoms with Gasteiger partial charge in [-0.15, -0.1) is 0 Å². The minimum atomic E-state index is -0.424. The first-order valence-corrected chi connectivity index (χ1v) is 7.86. The third kappa shape index (κ3) is 4.65. The van der Waals surface area contributed by atoms with E-state index in [0.29, 0.717) is 12.1 Å². The fourth-order valence-electron chi connectivity index (χ4n) is 2.56. The molecule has 0 aliphatic heterocycles.